The third-order valence-electron chi connectivity index (χ3n) is 3.00. The van der Waals surface area contributed by atoms with Crippen LogP contribution in [0.4, 0.5) is 0 Å². The Kier molecular flexibility index (Phi) is 2.91. The number of hydrogen-bond acceptors (Lipinski definition) is 4. The van der Waals surface area contributed by atoms with Crippen molar-refractivity contribution in [2.45, 2.75) is 9.96 Å². The number of fused-ring (bicyclic) bond motifs is 1. The molecule has 6 heteroatoms. The molecule has 0 aliphatic carbocycles. The summed E-state index contributed by atoms with van der Waals surface area (Å²) in [6.07, 6.45) is 0. The number of sulfone groups is 1. The van der Waals surface area contributed by atoms with Crippen LogP contribution in [-0.4, -0.2) is 18.0 Å². The first-order valence-electron chi connectivity index (χ1n) is 5.74. The smallest absolute Gasteiger partial charge is 0.194 e. The standard InChI is InChI=1S/C13H12N2O2S2/c1-15-11-6-3-2-5-10(11)14-12(15)9-19(16,17)13-7-4-8-18-13/h2-8H,9H2,1H3. The summed E-state index contributed by atoms with van der Waals surface area (Å²) in [5.41, 5.74) is 1.76. The molecule has 0 unspecified atom stereocenters. The van der Waals surface area contributed by atoms with E-state index < -0.39 is 9.84 Å². The average molecular weight is 292 g/mol. The number of imidazole rings is 1. The van der Waals surface area contributed by atoms with Crippen molar-refractivity contribution in [3.05, 3.63) is 47.6 Å². The number of rotatable bonds is 3. The lowest BCUT2D eigenvalue weighted by atomic mass is 10.3. The van der Waals surface area contributed by atoms with Gasteiger partial charge in [-0.2, -0.15) is 0 Å². The summed E-state index contributed by atoms with van der Waals surface area (Å²) in [5, 5.41) is 1.77. The van der Waals surface area contributed by atoms with E-state index in [0.717, 1.165) is 11.0 Å². The van der Waals surface area contributed by atoms with Crippen LogP contribution in [0.2, 0.25) is 0 Å². The van der Waals surface area contributed by atoms with Crippen LogP contribution in [0.25, 0.3) is 11.0 Å². The molecule has 0 aliphatic heterocycles. The van der Waals surface area contributed by atoms with E-state index in [9.17, 15) is 8.42 Å². The van der Waals surface area contributed by atoms with E-state index in [4.69, 9.17) is 0 Å². The fourth-order valence-electron chi connectivity index (χ4n) is 2.01. The minimum Gasteiger partial charge on any atom is -0.330 e. The fraction of sp³-hybridized carbons (Fsp3) is 0.154. The zero-order valence-electron chi connectivity index (χ0n) is 10.3. The van der Waals surface area contributed by atoms with Crippen LogP contribution in [0.15, 0.2) is 46.0 Å². The summed E-state index contributed by atoms with van der Waals surface area (Å²) in [7, 11) is -1.46. The van der Waals surface area contributed by atoms with Gasteiger partial charge in [0.1, 0.15) is 15.8 Å². The monoisotopic (exact) mass is 292 g/mol. The van der Waals surface area contributed by atoms with Gasteiger partial charge >= 0.3 is 0 Å². The fourth-order valence-corrected chi connectivity index (χ4v) is 4.41. The highest BCUT2D eigenvalue weighted by Gasteiger charge is 2.20. The van der Waals surface area contributed by atoms with Gasteiger partial charge in [0.15, 0.2) is 9.84 Å². The van der Waals surface area contributed by atoms with E-state index in [-0.39, 0.29) is 5.75 Å². The van der Waals surface area contributed by atoms with Gasteiger partial charge in [-0.15, -0.1) is 11.3 Å². The van der Waals surface area contributed by atoms with Gasteiger partial charge in [-0.25, -0.2) is 13.4 Å². The van der Waals surface area contributed by atoms with Gasteiger partial charge in [0, 0.05) is 7.05 Å². The molecule has 4 nitrogen and oxygen atoms in total. The minimum atomic E-state index is -3.30. The molecule has 0 saturated carbocycles. The van der Waals surface area contributed by atoms with Crippen molar-refractivity contribution in [2.75, 3.05) is 0 Å². The van der Waals surface area contributed by atoms with Crippen LogP contribution in [0, 0.1) is 0 Å². The van der Waals surface area contributed by atoms with E-state index in [1.165, 1.54) is 11.3 Å². The van der Waals surface area contributed by atoms with Gasteiger partial charge < -0.3 is 4.57 Å². The van der Waals surface area contributed by atoms with Crippen molar-refractivity contribution >= 4 is 32.2 Å². The highest BCUT2D eigenvalue weighted by atomic mass is 32.2. The van der Waals surface area contributed by atoms with Crippen molar-refractivity contribution in [1.82, 2.24) is 9.55 Å². The van der Waals surface area contributed by atoms with Gasteiger partial charge in [0.2, 0.25) is 0 Å². The van der Waals surface area contributed by atoms with Crippen molar-refractivity contribution in [1.29, 1.82) is 0 Å². The molecule has 2 heterocycles. The molecule has 0 atom stereocenters. The lowest BCUT2D eigenvalue weighted by Crippen LogP contribution is -2.08. The maximum Gasteiger partial charge on any atom is 0.194 e. The quantitative estimate of drug-likeness (QED) is 0.745. The topological polar surface area (TPSA) is 52.0 Å². The number of aromatic nitrogens is 2. The van der Waals surface area contributed by atoms with Crippen molar-refractivity contribution < 1.29 is 8.42 Å². The normalized spacial score (nSPS) is 12.1. The van der Waals surface area contributed by atoms with Gasteiger partial charge in [-0.1, -0.05) is 18.2 Å². The lowest BCUT2D eigenvalue weighted by molar-refractivity contribution is 0.594. The molecule has 3 aromatic rings. The van der Waals surface area contributed by atoms with Crippen LogP contribution >= 0.6 is 11.3 Å². The first-order chi connectivity index (χ1) is 9.08. The van der Waals surface area contributed by atoms with E-state index >= 15 is 0 Å². The Morgan fingerprint density at radius 1 is 1.21 bits per heavy atom. The number of benzene rings is 1. The maximum atomic E-state index is 12.2. The Labute approximate surface area is 115 Å². The predicted molar refractivity (Wildman–Crippen MR) is 75.9 cm³/mol. The SMILES string of the molecule is Cn1c(CS(=O)(=O)c2cccs2)nc2ccccc21. The van der Waals surface area contributed by atoms with Crippen molar-refractivity contribution in [2.24, 2.45) is 7.05 Å². The molecule has 1 aromatic carbocycles. The van der Waals surface area contributed by atoms with Gasteiger partial charge in [0.25, 0.3) is 0 Å². The molecule has 0 saturated heterocycles. The highest BCUT2D eigenvalue weighted by Crippen LogP contribution is 2.22. The molecule has 0 aliphatic rings. The minimum absolute atomic E-state index is 0.0707. The Bertz CT molecular complexity index is 818. The molecular weight excluding hydrogens is 280 g/mol. The third-order valence-corrected chi connectivity index (χ3v) is 6.10. The summed E-state index contributed by atoms with van der Waals surface area (Å²) < 4.78 is 26.7. The lowest BCUT2D eigenvalue weighted by Gasteiger charge is -2.02. The van der Waals surface area contributed by atoms with Crippen LogP contribution in [0.1, 0.15) is 5.82 Å². The second kappa shape index (κ2) is 4.47. The second-order valence-corrected chi connectivity index (χ2v) is 7.43. The number of thiophene rings is 1. The highest BCUT2D eigenvalue weighted by molar-refractivity contribution is 7.92. The van der Waals surface area contributed by atoms with Crippen molar-refractivity contribution in [3.63, 3.8) is 0 Å². The first kappa shape index (κ1) is 12.4. The second-order valence-electron chi connectivity index (χ2n) is 4.27. The largest absolute Gasteiger partial charge is 0.330 e. The molecule has 0 amide bonds. The summed E-state index contributed by atoms with van der Waals surface area (Å²) in [6, 6.07) is 11.0. The molecule has 2 aromatic heterocycles. The zero-order valence-corrected chi connectivity index (χ0v) is 11.9. The summed E-state index contributed by atoms with van der Waals surface area (Å²) in [6.45, 7) is 0. The summed E-state index contributed by atoms with van der Waals surface area (Å²) in [4.78, 5) is 4.40. The predicted octanol–water partition coefficient (Wildman–Crippen LogP) is 2.61. The van der Waals surface area contributed by atoms with E-state index in [2.05, 4.69) is 4.98 Å². The van der Waals surface area contributed by atoms with E-state index in [0.29, 0.717) is 10.0 Å². The zero-order chi connectivity index (χ0) is 13.5. The molecule has 0 bridgehead atoms. The molecular formula is C13H12N2O2S2. The van der Waals surface area contributed by atoms with E-state index in [1.807, 2.05) is 35.9 Å². The van der Waals surface area contributed by atoms with Crippen LogP contribution in [0.5, 0.6) is 0 Å². The maximum absolute atomic E-state index is 12.2. The molecule has 19 heavy (non-hydrogen) atoms. The number of hydrogen-bond donors (Lipinski definition) is 0. The molecule has 98 valence electrons. The number of para-hydroxylation sites is 2. The molecule has 0 fully saturated rings. The molecule has 0 spiro atoms. The summed E-state index contributed by atoms with van der Waals surface area (Å²) in [5.74, 6) is 0.494. The Morgan fingerprint density at radius 2 is 2.00 bits per heavy atom. The Morgan fingerprint density at radius 3 is 2.68 bits per heavy atom. The molecule has 0 N–H and O–H groups in total. The average Bonchev–Trinajstić information content (AvgIpc) is 3.00. The number of nitrogens with zero attached hydrogens (tertiary/aromatic N) is 2. The van der Waals surface area contributed by atoms with Gasteiger partial charge in [-0.3, -0.25) is 0 Å². The van der Waals surface area contributed by atoms with Crippen molar-refractivity contribution in [3.8, 4) is 0 Å². The number of aryl methyl sites for hydroxylation is 1. The van der Waals surface area contributed by atoms with Crippen LogP contribution in [-0.2, 0) is 22.6 Å². The van der Waals surface area contributed by atoms with Crippen LogP contribution < -0.4 is 0 Å². The Hall–Kier alpha value is -1.66. The Balaban J connectivity index is 2.05. The first-order valence-corrected chi connectivity index (χ1v) is 8.28. The summed E-state index contributed by atoms with van der Waals surface area (Å²) >= 11 is 1.24. The van der Waals surface area contributed by atoms with Gasteiger partial charge in [-0.05, 0) is 23.6 Å². The van der Waals surface area contributed by atoms with Gasteiger partial charge in [0.05, 0.1) is 11.0 Å². The van der Waals surface area contributed by atoms with E-state index in [1.54, 1.807) is 17.5 Å². The third kappa shape index (κ3) is 2.17. The van der Waals surface area contributed by atoms with Crippen LogP contribution in [0.3, 0.4) is 0 Å². The molecule has 0 radical (unpaired) electrons. The molecule has 3 rings (SSSR count).